The molecule has 1 amide bonds. The first-order valence-electron chi connectivity index (χ1n) is 8.74. The third-order valence-electron chi connectivity index (χ3n) is 4.74. The molecule has 146 valence electrons. The van der Waals surface area contributed by atoms with Crippen molar-refractivity contribution in [2.45, 2.75) is 11.8 Å². The van der Waals surface area contributed by atoms with Crippen molar-refractivity contribution in [3.05, 3.63) is 71.9 Å². The van der Waals surface area contributed by atoms with Crippen molar-refractivity contribution in [2.75, 3.05) is 6.26 Å². The van der Waals surface area contributed by atoms with E-state index >= 15 is 0 Å². The van der Waals surface area contributed by atoms with Crippen molar-refractivity contribution in [3.8, 4) is 17.1 Å². The lowest BCUT2D eigenvalue weighted by molar-refractivity contribution is 0.100. The zero-order chi connectivity index (χ0) is 20.7. The van der Waals surface area contributed by atoms with Crippen molar-refractivity contribution in [1.82, 2.24) is 14.5 Å². The summed E-state index contributed by atoms with van der Waals surface area (Å²) in [6.45, 7) is 1.81. The smallest absolute Gasteiger partial charge is 0.248 e. The van der Waals surface area contributed by atoms with E-state index in [1.165, 1.54) is 18.5 Å². The van der Waals surface area contributed by atoms with E-state index in [-0.39, 0.29) is 5.82 Å². The Morgan fingerprint density at radius 2 is 1.83 bits per heavy atom. The quantitative estimate of drug-likeness (QED) is 0.560. The second-order valence-electron chi connectivity index (χ2n) is 6.55. The van der Waals surface area contributed by atoms with Crippen LogP contribution in [0.3, 0.4) is 0 Å². The lowest BCUT2D eigenvalue weighted by atomic mass is 10.1. The van der Waals surface area contributed by atoms with Gasteiger partial charge in [-0.3, -0.25) is 13.6 Å². The van der Waals surface area contributed by atoms with Crippen LogP contribution in [0.5, 0.6) is 0 Å². The second kappa shape index (κ2) is 7.21. The average molecular weight is 408 g/mol. The Bertz CT molecular complexity index is 1280. The number of hydrogen-bond donors (Lipinski definition) is 1. The molecule has 0 saturated heterocycles. The maximum atomic E-state index is 14.0. The molecule has 2 heterocycles. The van der Waals surface area contributed by atoms with Gasteiger partial charge >= 0.3 is 0 Å². The first-order valence-corrected chi connectivity index (χ1v) is 10.3. The molecule has 0 spiro atoms. The van der Waals surface area contributed by atoms with Crippen LogP contribution in [0.1, 0.15) is 16.1 Å². The Hall–Kier alpha value is -3.39. The van der Waals surface area contributed by atoms with E-state index in [0.717, 1.165) is 5.39 Å². The zero-order valence-corrected chi connectivity index (χ0v) is 16.5. The molecule has 1 unspecified atom stereocenters. The van der Waals surface area contributed by atoms with Crippen molar-refractivity contribution >= 4 is 27.6 Å². The molecule has 0 fully saturated rings. The maximum Gasteiger partial charge on any atom is 0.248 e. The number of carbonyl (C=O) groups is 1. The van der Waals surface area contributed by atoms with Crippen LogP contribution in [0.2, 0.25) is 0 Å². The molecule has 0 aliphatic rings. The van der Waals surface area contributed by atoms with Crippen molar-refractivity contribution in [1.29, 1.82) is 0 Å². The predicted molar refractivity (Wildman–Crippen MR) is 110 cm³/mol. The highest BCUT2D eigenvalue weighted by Gasteiger charge is 2.20. The third kappa shape index (κ3) is 3.21. The molecule has 6 nitrogen and oxygen atoms in total. The van der Waals surface area contributed by atoms with Gasteiger partial charge in [0.05, 0.1) is 21.2 Å². The Balaban J connectivity index is 1.92. The van der Waals surface area contributed by atoms with Gasteiger partial charge in [0.15, 0.2) is 0 Å². The highest BCUT2D eigenvalue weighted by Crippen LogP contribution is 2.31. The summed E-state index contributed by atoms with van der Waals surface area (Å²) >= 11 is 0. The van der Waals surface area contributed by atoms with Gasteiger partial charge in [-0.2, -0.15) is 0 Å². The van der Waals surface area contributed by atoms with Crippen LogP contribution < -0.4 is 5.73 Å². The minimum absolute atomic E-state index is 0.325. The number of rotatable bonds is 4. The molecule has 0 aliphatic carbocycles. The van der Waals surface area contributed by atoms with E-state index in [1.807, 2.05) is 6.92 Å². The molecule has 0 radical (unpaired) electrons. The van der Waals surface area contributed by atoms with Crippen LogP contribution >= 0.6 is 0 Å². The van der Waals surface area contributed by atoms with Crippen molar-refractivity contribution in [2.24, 2.45) is 5.73 Å². The Kier molecular flexibility index (Phi) is 4.71. The molecule has 1 atom stereocenters. The highest BCUT2D eigenvalue weighted by molar-refractivity contribution is 7.84. The van der Waals surface area contributed by atoms with Crippen LogP contribution in [0, 0.1) is 12.7 Å². The van der Waals surface area contributed by atoms with Crippen LogP contribution in [0.4, 0.5) is 4.39 Å². The lowest BCUT2D eigenvalue weighted by Gasteiger charge is -2.08. The van der Waals surface area contributed by atoms with Crippen LogP contribution in [0.25, 0.3) is 28.0 Å². The number of carbonyl (C=O) groups excluding carboxylic acids is 1. The monoisotopic (exact) mass is 408 g/mol. The van der Waals surface area contributed by atoms with Gasteiger partial charge < -0.3 is 5.73 Å². The standard InChI is InChI=1S/C21H17FN4O2S/c1-12-19(29(2)28)16-8-7-13(20(23)27)9-18(16)26(12)21-24-10-14(11-25-21)15-5-3-4-6-17(15)22/h3-11H,1-2H3,(H2,23,27). The molecule has 29 heavy (non-hydrogen) atoms. The van der Waals surface area contributed by atoms with Gasteiger partial charge in [-0.1, -0.05) is 24.3 Å². The summed E-state index contributed by atoms with van der Waals surface area (Å²) in [5.41, 5.74) is 8.01. The van der Waals surface area contributed by atoms with Gasteiger partial charge in [-0.05, 0) is 25.1 Å². The number of hydrogen-bond acceptors (Lipinski definition) is 4. The first kappa shape index (κ1) is 18.9. The Morgan fingerprint density at radius 1 is 1.14 bits per heavy atom. The fraction of sp³-hybridized carbons (Fsp3) is 0.0952. The lowest BCUT2D eigenvalue weighted by Crippen LogP contribution is -2.11. The minimum Gasteiger partial charge on any atom is -0.366 e. The first-order chi connectivity index (χ1) is 13.9. The summed E-state index contributed by atoms with van der Waals surface area (Å²) in [6, 6.07) is 11.4. The molecule has 0 aliphatic heterocycles. The number of nitrogens with zero attached hydrogens (tertiary/aromatic N) is 3. The number of aromatic nitrogens is 3. The normalized spacial score (nSPS) is 12.2. The molecular weight excluding hydrogens is 391 g/mol. The topological polar surface area (TPSA) is 90.9 Å². The molecule has 4 aromatic rings. The van der Waals surface area contributed by atoms with Gasteiger partial charge in [-0.15, -0.1) is 0 Å². The molecule has 0 bridgehead atoms. The summed E-state index contributed by atoms with van der Waals surface area (Å²) < 4.78 is 28.1. The molecule has 2 N–H and O–H groups in total. The SMILES string of the molecule is Cc1c(S(C)=O)c2ccc(C(N)=O)cc2n1-c1ncc(-c2ccccc2F)cn1. The van der Waals surface area contributed by atoms with Gasteiger partial charge in [0.1, 0.15) is 5.82 Å². The number of nitrogens with two attached hydrogens (primary N) is 1. The number of fused-ring (bicyclic) bond motifs is 1. The van der Waals surface area contributed by atoms with Gasteiger partial charge in [0.2, 0.25) is 11.9 Å². The van der Waals surface area contributed by atoms with E-state index < -0.39 is 16.7 Å². The predicted octanol–water partition coefficient (Wildman–Crippen LogP) is 3.37. The fourth-order valence-electron chi connectivity index (χ4n) is 3.43. The summed E-state index contributed by atoms with van der Waals surface area (Å²) in [7, 11) is -1.26. The Labute approximate surface area is 168 Å². The van der Waals surface area contributed by atoms with Crippen molar-refractivity contribution in [3.63, 3.8) is 0 Å². The number of primary amides is 1. The fourth-order valence-corrected chi connectivity index (χ4v) is 4.42. The van der Waals surface area contributed by atoms with E-state index in [4.69, 9.17) is 5.73 Å². The van der Waals surface area contributed by atoms with E-state index in [9.17, 15) is 13.4 Å². The molecule has 4 rings (SSSR count). The van der Waals surface area contributed by atoms with Crippen LogP contribution in [-0.4, -0.2) is 30.9 Å². The number of benzene rings is 2. The van der Waals surface area contributed by atoms with Crippen molar-refractivity contribution < 1.29 is 13.4 Å². The van der Waals surface area contributed by atoms with E-state index in [1.54, 1.807) is 47.2 Å². The summed E-state index contributed by atoms with van der Waals surface area (Å²) in [5.74, 6) is -0.598. The number of halogens is 1. The largest absolute Gasteiger partial charge is 0.366 e. The van der Waals surface area contributed by atoms with E-state index in [0.29, 0.717) is 38.7 Å². The second-order valence-corrected chi connectivity index (χ2v) is 7.87. The Morgan fingerprint density at radius 3 is 2.45 bits per heavy atom. The average Bonchev–Trinajstić information content (AvgIpc) is 2.99. The molecule has 8 heteroatoms. The molecular formula is C21H17FN4O2S. The van der Waals surface area contributed by atoms with E-state index in [2.05, 4.69) is 9.97 Å². The van der Waals surface area contributed by atoms with Gasteiger partial charge in [0.25, 0.3) is 0 Å². The maximum absolute atomic E-state index is 14.0. The summed E-state index contributed by atoms with van der Waals surface area (Å²) in [5, 5.41) is 0.732. The molecule has 2 aromatic heterocycles. The summed E-state index contributed by atoms with van der Waals surface area (Å²) in [6.07, 6.45) is 4.66. The highest BCUT2D eigenvalue weighted by atomic mass is 32.2. The minimum atomic E-state index is -1.26. The van der Waals surface area contributed by atoms with Crippen LogP contribution in [-0.2, 0) is 10.8 Å². The van der Waals surface area contributed by atoms with Gasteiger partial charge in [0, 0.05) is 46.4 Å². The van der Waals surface area contributed by atoms with Gasteiger partial charge in [-0.25, -0.2) is 14.4 Å². The molecule has 2 aromatic carbocycles. The third-order valence-corrected chi connectivity index (χ3v) is 5.83. The summed E-state index contributed by atoms with van der Waals surface area (Å²) in [4.78, 5) is 21.1. The van der Waals surface area contributed by atoms with Crippen LogP contribution in [0.15, 0.2) is 59.8 Å². The zero-order valence-electron chi connectivity index (χ0n) is 15.7. The number of amides is 1. The molecule has 0 saturated carbocycles.